The minimum atomic E-state index is 0.354. The zero-order chi connectivity index (χ0) is 47.8. The van der Waals surface area contributed by atoms with Crippen LogP contribution in [0, 0.1) is 17.8 Å². The van der Waals surface area contributed by atoms with Crippen LogP contribution in [0.15, 0.2) is 203 Å². The second-order valence-electron chi connectivity index (χ2n) is 21.3. The Hall–Kier alpha value is -8.19. The van der Waals surface area contributed by atoms with Crippen molar-refractivity contribution >= 4 is 75.4 Å². The van der Waals surface area contributed by atoms with Crippen LogP contribution in [-0.4, -0.2) is 15.0 Å². The van der Waals surface area contributed by atoms with E-state index in [4.69, 9.17) is 23.8 Å². The van der Waals surface area contributed by atoms with Crippen LogP contribution in [0.2, 0.25) is 0 Å². The van der Waals surface area contributed by atoms with Gasteiger partial charge in [-0.1, -0.05) is 133 Å². The smallest absolute Gasteiger partial charge is 0.167 e. The third-order valence-electron chi connectivity index (χ3n) is 16.9. The average molecular weight is 958 g/mol. The molecule has 9 aromatic carbocycles. The molecule has 0 amide bonds. The number of thiophene rings is 1. The van der Waals surface area contributed by atoms with Crippen molar-refractivity contribution in [3.05, 3.63) is 200 Å². The summed E-state index contributed by atoms with van der Waals surface area (Å²) in [7, 11) is 0. The number of para-hydroxylation sites is 3. The molecule has 4 saturated carbocycles. The van der Waals surface area contributed by atoms with Crippen LogP contribution in [0.3, 0.4) is 0 Å². The van der Waals surface area contributed by atoms with Crippen molar-refractivity contribution in [3.63, 3.8) is 0 Å². The molecule has 0 unspecified atom stereocenters. The molecule has 348 valence electrons. The Bertz CT molecular complexity index is 4340. The van der Waals surface area contributed by atoms with E-state index in [2.05, 4.69) is 182 Å². The van der Waals surface area contributed by atoms with Crippen LogP contribution >= 0.6 is 11.3 Å². The van der Waals surface area contributed by atoms with Gasteiger partial charge < -0.3 is 8.83 Å². The Kier molecular flexibility index (Phi) is 9.03. The van der Waals surface area contributed by atoms with Gasteiger partial charge in [0.25, 0.3) is 0 Å². The Morgan fingerprint density at radius 1 is 0.370 bits per heavy atom. The van der Waals surface area contributed by atoms with Gasteiger partial charge in [-0.2, -0.15) is 0 Å². The van der Waals surface area contributed by atoms with E-state index in [1.54, 1.807) is 5.56 Å². The lowest BCUT2D eigenvalue weighted by Crippen LogP contribution is -2.48. The molecule has 0 spiro atoms. The van der Waals surface area contributed by atoms with Crippen molar-refractivity contribution in [2.24, 2.45) is 17.8 Å². The van der Waals surface area contributed by atoms with Crippen molar-refractivity contribution in [1.29, 1.82) is 0 Å². The van der Waals surface area contributed by atoms with Crippen molar-refractivity contribution < 1.29 is 8.83 Å². The molecular weight excluding hydrogens is 911 g/mol. The van der Waals surface area contributed by atoms with E-state index in [-0.39, 0.29) is 0 Å². The van der Waals surface area contributed by atoms with Gasteiger partial charge in [-0.25, -0.2) is 15.0 Å². The average Bonchev–Trinajstić information content (AvgIpc) is 4.15. The van der Waals surface area contributed by atoms with E-state index in [0.717, 1.165) is 106 Å². The fourth-order valence-corrected chi connectivity index (χ4v) is 15.1. The maximum Gasteiger partial charge on any atom is 0.167 e. The number of benzene rings is 9. The number of hydrogen-bond acceptors (Lipinski definition) is 6. The van der Waals surface area contributed by atoms with Gasteiger partial charge in [-0.05, 0) is 161 Å². The van der Waals surface area contributed by atoms with Crippen LogP contribution in [0.4, 0.5) is 0 Å². The van der Waals surface area contributed by atoms with Gasteiger partial charge in [-0.3, -0.25) is 0 Å². The molecule has 0 saturated heterocycles. The molecule has 4 heterocycles. The van der Waals surface area contributed by atoms with Crippen LogP contribution in [-0.2, 0) is 5.41 Å². The Balaban J connectivity index is 0.881. The molecule has 0 N–H and O–H groups in total. The molecule has 0 atom stereocenters. The minimum absolute atomic E-state index is 0.354. The molecule has 6 heteroatoms. The van der Waals surface area contributed by atoms with E-state index < -0.39 is 0 Å². The monoisotopic (exact) mass is 957 g/mol. The number of rotatable bonds is 7. The SMILES string of the molecule is c1ccc(-c2cc(-c3ccc4sc5ccccc5c4c3)cc(-c3nc(-c4cccc5c4oc4ccccc45)nc(-c4cccc5c4oc4cccc(-c6ccc(C78CC9CC(CC(C9)C7)C8)cc6)c45)n3)c2)cc1. The Labute approximate surface area is 425 Å². The zero-order valence-electron chi connectivity index (χ0n) is 40.0. The Morgan fingerprint density at radius 3 is 1.68 bits per heavy atom. The van der Waals surface area contributed by atoms with Crippen LogP contribution in [0.5, 0.6) is 0 Å². The van der Waals surface area contributed by atoms with Crippen molar-refractivity contribution in [1.82, 2.24) is 15.0 Å². The first-order valence-electron chi connectivity index (χ1n) is 25.9. The summed E-state index contributed by atoms with van der Waals surface area (Å²) in [6.07, 6.45) is 8.44. The van der Waals surface area contributed by atoms with Crippen LogP contribution in [0.25, 0.3) is 132 Å². The minimum Gasteiger partial charge on any atom is -0.455 e. The third kappa shape index (κ3) is 6.63. The summed E-state index contributed by atoms with van der Waals surface area (Å²) < 4.78 is 16.2. The fourth-order valence-electron chi connectivity index (χ4n) is 14.0. The number of fused-ring (bicyclic) bond motifs is 9. The van der Waals surface area contributed by atoms with E-state index >= 15 is 0 Å². The summed E-state index contributed by atoms with van der Waals surface area (Å²) in [5.41, 5.74) is 14.3. The van der Waals surface area contributed by atoms with E-state index in [1.165, 1.54) is 64.3 Å². The van der Waals surface area contributed by atoms with Crippen LogP contribution < -0.4 is 0 Å². The van der Waals surface area contributed by atoms with E-state index in [1.807, 2.05) is 23.5 Å². The summed E-state index contributed by atoms with van der Waals surface area (Å²) in [6, 6.07) is 69.7. The normalized spacial score (nSPS) is 19.4. The van der Waals surface area contributed by atoms with Crippen molar-refractivity contribution in [3.8, 4) is 67.5 Å². The molecule has 4 bridgehead atoms. The van der Waals surface area contributed by atoms with Crippen molar-refractivity contribution in [2.75, 3.05) is 0 Å². The van der Waals surface area contributed by atoms with Gasteiger partial charge >= 0.3 is 0 Å². The maximum atomic E-state index is 6.98. The van der Waals surface area contributed by atoms with Crippen molar-refractivity contribution in [2.45, 2.75) is 43.9 Å². The molecule has 4 aromatic heterocycles. The summed E-state index contributed by atoms with van der Waals surface area (Å²) >= 11 is 1.83. The lowest BCUT2D eigenvalue weighted by molar-refractivity contribution is -0.00518. The first-order valence-corrected chi connectivity index (χ1v) is 26.7. The lowest BCUT2D eigenvalue weighted by Gasteiger charge is -2.57. The molecule has 17 rings (SSSR count). The van der Waals surface area contributed by atoms with Gasteiger partial charge in [0.2, 0.25) is 0 Å². The highest BCUT2D eigenvalue weighted by molar-refractivity contribution is 7.25. The molecule has 4 fully saturated rings. The first kappa shape index (κ1) is 41.4. The van der Waals surface area contributed by atoms with Crippen LogP contribution in [0.1, 0.15) is 44.1 Å². The van der Waals surface area contributed by atoms with Gasteiger partial charge in [0.15, 0.2) is 17.5 Å². The highest BCUT2D eigenvalue weighted by atomic mass is 32.1. The first-order chi connectivity index (χ1) is 36.0. The highest BCUT2D eigenvalue weighted by Gasteiger charge is 2.51. The predicted octanol–water partition coefficient (Wildman–Crippen LogP) is 18.5. The topological polar surface area (TPSA) is 65.0 Å². The summed E-state index contributed by atoms with van der Waals surface area (Å²) in [4.78, 5) is 16.2. The largest absolute Gasteiger partial charge is 0.455 e. The predicted molar refractivity (Wildman–Crippen MR) is 300 cm³/mol. The zero-order valence-corrected chi connectivity index (χ0v) is 40.8. The molecule has 73 heavy (non-hydrogen) atoms. The molecular formula is C67H47N3O2S. The highest BCUT2D eigenvalue weighted by Crippen LogP contribution is 2.61. The second-order valence-corrected chi connectivity index (χ2v) is 22.4. The summed E-state index contributed by atoms with van der Waals surface area (Å²) in [5, 5.41) is 6.71. The maximum absolute atomic E-state index is 6.98. The third-order valence-corrected chi connectivity index (χ3v) is 18.1. The number of nitrogens with zero attached hydrogens (tertiary/aromatic N) is 3. The lowest BCUT2D eigenvalue weighted by atomic mass is 9.48. The molecule has 0 aliphatic heterocycles. The number of hydrogen-bond donors (Lipinski definition) is 0. The fraction of sp³-hybridized carbons (Fsp3) is 0.149. The van der Waals surface area contributed by atoms with Gasteiger partial charge in [-0.15, -0.1) is 11.3 Å². The number of furan rings is 2. The molecule has 4 aliphatic rings. The molecule has 13 aromatic rings. The van der Waals surface area contributed by atoms with Gasteiger partial charge in [0.05, 0.1) is 11.1 Å². The molecule has 5 nitrogen and oxygen atoms in total. The van der Waals surface area contributed by atoms with Gasteiger partial charge in [0.1, 0.15) is 22.3 Å². The standard InChI is InChI=1S/C67H47N3O2S/c1-2-11-42(12-3-1)45-32-46(44-25-28-60-56(35-44)51-14-5-7-22-59(51)73-60)34-47(33-45)64-68-65(54-18-8-16-52-50-13-4-6-20-57(50)71-62(52)54)70-66(69-64)55-19-9-17-53-61-49(15-10-21-58(61)72-63(53)55)43-23-26-48(27-24-43)67-36-39-29-40(37-67)31-41(30-39)38-67/h1-28,32-35,39-41H,29-31,36-38H2. The van der Waals surface area contributed by atoms with E-state index in [9.17, 15) is 0 Å². The molecule has 0 radical (unpaired) electrons. The molecule has 4 aliphatic carbocycles. The van der Waals surface area contributed by atoms with E-state index in [0.29, 0.717) is 22.9 Å². The van der Waals surface area contributed by atoms with Gasteiger partial charge in [0, 0.05) is 47.3 Å². The Morgan fingerprint density at radius 2 is 0.918 bits per heavy atom. The quantitative estimate of drug-likeness (QED) is 0.159. The summed E-state index contributed by atoms with van der Waals surface area (Å²) in [5.74, 6) is 4.33. The second kappa shape index (κ2) is 15.9. The summed E-state index contributed by atoms with van der Waals surface area (Å²) in [6.45, 7) is 0. The number of aromatic nitrogens is 3.